The predicted molar refractivity (Wildman–Crippen MR) is 72.1 cm³/mol. The number of nitrogens with one attached hydrogen (secondary N) is 1. The van der Waals surface area contributed by atoms with Gasteiger partial charge in [-0.2, -0.15) is 18.4 Å². The maximum atomic E-state index is 12.6. The molecule has 0 aliphatic carbocycles. The number of hydrogen-bond acceptors (Lipinski definition) is 2. The Morgan fingerprint density at radius 2 is 1.90 bits per heavy atom. The van der Waals surface area contributed by atoms with Crippen molar-refractivity contribution in [3.05, 3.63) is 58.9 Å². The Morgan fingerprint density at radius 1 is 1.19 bits per heavy atom. The van der Waals surface area contributed by atoms with Gasteiger partial charge < -0.3 is 9.88 Å². The molecule has 0 atom stereocenters. The molecule has 1 aromatic carbocycles. The molecule has 6 heteroatoms. The summed E-state index contributed by atoms with van der Waals surface area (Å²) in [7, 11) is 1.77. The van der Waals surface area contributed by atoms with Crippen molar-refractivity contribution >= 4 is 0 Å². The van der Waals surface area contributed by atoms with Crippen LogP contribution in [0.4, 0.5) is 13.2 Å². The van der Waals surface area contributed by atoms with Gasteiger partial charge in [-0.3, -0.25) is 0 Å². The SMILES string of the molecule is Cn1cc(CNCc2cccc(C(F)(F)F)c2)cc1C#N. The van der Waals surface area contributed by atoms with Gasteiger partial charge in [0.2, 0.25) is 0 Å². The van der Waals surface area contributed by atoms with Crippen LogP contribution in [0.15, 0.2) is 36.5 Å². The second-order valence-corrected chi connectivity index (χ2v) is 4.76. The first-order chi connectivity index (χ1) is 9.90. The van der Waals surface area contributed by atoms with Crippen LogP contribution in [0.1, 0.15) is 22.4 Å². The third-order valence-electron chi connectivity index (χ3n) is 3.09. The summed E-state index contributed by atoms with van der Waals surface area (Å²) >= 11 is 0. The summed E-state index contributed by atoms with van der Waals surface area (Å²) in [5, 5.41) is 11.9. The van der Waals surface area contributed by atoms with Gasteiger partial charge >= 0.3 is 6.18 Å². The number of aryl methyl sites for hydroxylation is 1. The van der Waals surface area contributed by atoms with Crippen molar-refractivity contribution in [2.45, 2.75) is 19.3 Å². The molecule has 0 unspecified atom stereocenters. The summed E-state index contributed by atoms with van der Waals surface area (Å²) < 4.78 is 39.5. The Hall–Kier alpha value is -2.26. The van der Waals surface area contributed by atoms with Gasteiger partial charge in [-0.25, -0.2) is 0 Å². The monoisotopic (exact) mass is 293 g/mol. The van der Waals surface area contributed by atoms with E-state index < -0.39 is 11.7 Å². The summed E-state index contributed by atoms with van der Waals surface area (Å²) in [4.78, 5) is 0. The van der Waals surface area contributed by atoms with Gasteiger partial charge in [-0.1, -0.05) is 18.2 Å². The summed E-state index contributed by atoms with van der Waals surface area (Å²) in [6, 6.07) is 9.05. The van der Waals surface area contributed by atoms with Gasteiger partial charge in [0, 0.05) is 26.3 Å². The minimum Gasteiger partial charge on any atom is -0.342 e. The summed E-state index contributed by atoms with van der Waals surface area (Å²) in [5.74, 6) is 0. The molecule has 0 fully saturated rings. The summed E-state index contributed by atoms with van der Waals surface area (Å²) in [5.41, 5.74) is 1.39. The fraction of sp³-hybridized carbons (Fsp3) is 0.267. The van der Waals surface area contributed by atoms with Crippen molar-refractivity contribution in [2.75, 3.05) is 0 Å². The van der Waals surface area contributed by atoms with E-state index in [2.05, 4.69) is 11.4 Å². The fourth-order valence-electron chi connectivity index (χ4n) is 2.05. The van der Waals surface area contributed by atoms with E-state index >= 15 is 0 Å². The highest BCUT2D eigenvalue weighted by molar-refractivity contribution is 5.29. The Bertz CT molecular complexity index is 666. The summed E-state index contributed by atoms with van der Waals surface area (Å²) in [6.45, 7) is 0.826. The zero-order valence-electron chi connectivity index (χ0n) is 11.4. The Balaban J connectivity index is 1.96. The van der Waals surface area contributed by atoms with Crippen LogP contribution in [0.5, 0.6) is 0 Å². The number of hydrogen-bond donors (Lipinski definition) is 1. The van der Waals surface area contributed by atoms with Gasteiger partial charge in [-0.05, 0) is 23.3 Å². The predicted octanol–water partition coefficient (Wildman–Crippen LogP) is 3.21. The molecule has 2 rings (SSSR count). The number of nitrogens with zero attached hydrogens (tertiary/aromatic N) is 2. The van der Waals surface area contributed by atoms with Crippen LogP contribution in [0.2, 0.25) is 0 Å². The molecule has 0 saturated carbocycles. The van der Waals surface area contributed by atoms with Crippen molar-refractivity contribution in [1.29, 1.82) is 5.26 Å². The molecular weight excluding hydrogens is 279 g/mol. The number of nitriles is 1. The molecule has 1 heterocycles. The fourth-order valence-corrected chi connectivity index (χ4v) is 2.05. The molecule has 0 aliphatic heterocycles. The van der Waals surface area contributed by atoms with E-state index in [-0.39, 0.29) is 0 Å². The molecule has 21 heavy (non-hydrogen) atoms. The molecule has 3 nitrogen and oxygen atoms in total. The van der Waals surface area contributed by atoms with Gasteiger partial charge in [0.1, 0.15) is 11.8 Å². The molecule has 110 valence electrons. The van der Waals surface area contributed by atoms with Crippen molar-refractivity contribution in [3.8, 4) is 6.07 Å². The van der Waals surface area contributed by atoms with Gasteiger partial charge in [0.25, 0.3) is 0 Å². The highest BCUT2D eigenvalue weighted by Gasteiger charge is 2.30. The Kier molecular flexibility index (Phi) is 4.34. The Morgan fingerprint density at radius 3 is 2.52 bits per heavy atom. The van der Waals surface area contributed by atoms with Crippen molar-refractivity contribution in [2.24, 2.45) is 7.05 Å². The number of halogens is 3. The maximum absolute atomic E-state index is 12.6. The number of benzene rings is 1. The lowest BCUT2D eigenvalue weighted by molar-refractivity contribution is -0.137. The topological polar surface area (TPSA) is 40.8 Å². The average molecular weight is 293 g/mol. The molecule has 0 bridgehead atoms. The van der Waals surface area contributed by atoms with E-state index in [1.54, 1.807) is 23.7 Å². The van der Waals surface area contributed by atoms with E-state index in [9.17, 15) is 13.2 Å². The van der Waals surface area contributed by atoms with Gasteiger partial charge in [0.15, 0.2) is 0 Å². The second-order valence-electron chi connectivity index (χ2n) is 4.76. The van der Waals surface area contributed by atoms with E-state index in [4.69, 9.17) is 5.26 Å². The molecule has 2 aromatic rings. The molecular formula is C15H14F3N3. The quantitative estimate of drug-likeness (QED) is 0.940. The third-order valence-corrected chi connectivity index (χ3v) is 3.09. The largest absolute Gasteiger partial charge is 0.416 e. The number of aromatic nitrogens is 1. The van der Waals surface area contributed by atoms with E-state index in [0.717, 1.165) is 17.7 Å². The van der Waals surface area contributed by atoms with Crippen LogP contribution in [-0.2, 0) is 26.3 Å². The molecule has 0 radical (unpaired) electrons. The normalized spacial score (nSPS) is 11.4. The van der Waals surface area contributed by atoms with Gasteiger partial charge in [-0.15, -0.1) is 0 Å². The first kappa shape index (κ1) is 15.1. The molecule has 0 amide bonds. The highest BCUT2D eigenvalue weighted by Crippen LogP contribution is 2.29. The summed E-state index contributed by atoms with van der Waals surface area (Å²) in [6.07, 6.45) is -2.51. The lowest BCUT2D eigenvalue weighted by atomic mass is 10.1. The lowest BCUT2D eigenvalue weighted by Gasteiger charge is -2.09. The first-order valence-electron chi connectivity index (χ1n) is 6.32. The third kappa shape index (κ3) is 3.86. The smallest absolute Gasteiger partial charge is 0.342 e. The van der Waals surface area contributed by atoms with Crippen LogP contribution < -0.4 is 5.32 Å². The lowest BCUT2D eigenvalue weighted by Crippen LogP contribution is -2.13. The van der Waals surface area contributed by atoms with Crippen LogP contribution in [0, 0.1) is 11.3 Å². The van der Waals surface area contributed by atoms with Crippen LogP contribution in [-0.4, -0.2) is 4.57 Å². The van der Waals surface area contributed by atoms with E-state index in [1.807, 2.05) is 6.20 Å². The molecule has 1 aromatic heterocycles. The minimum absolute atomic E-state index is 0.334. The Labute approximate surface area is 120 Å². The van der Waals surface area contributed by atoms with Crippen molar-refractivity contribution in [3.63, 3.8) is 0 Å². The highest BCUT2D eigenvalue weighted by atomic mass is 19.4. The van der Waals surface area contributed by atoms with E-state index in [1.165, 1.54) is 6.07 Å². The molecule has 1 N–H and O–H groups in total. The van der Waals surface area contributed by atoms with Crippen molar-refractivity contribution < 1.29 is 13.2 Å². The number of rotatable bonds is 4. The minimum atomic E-state index is -4.32. The van der Waals surface area contributed by atoms with E-state index in [0.29, 0.717) is 24.3 Å². The maximum Gasteiger partial charge on any atom is 0.416 e. The molecule has 0 aliphatic rings. The van der Waals surface area contributed by atoms with Crippen molar-refractivity contribution in [1.82, 2.24) is 9.88 Å². The van der Waals surface area contributed by atoms with Gasteiger partial charge in [0.05, 0.1) is 5.56 Å². The van der Waals surface area contributed by atoms with Crippen LogP contribution >= 0.6 is 0 Å². The second kappa shape index (κ2) is 6.02. The standard InChI is InChI=1S/C15H14F3N3/c1-21-10-12(6-14(21)7-19)9-20-8-11-3-2-4-13(5-11)15(16,17)18/h2-6,10,20H,8-9H2,1H3. The number of alkyl halides is 3. The zero-order valence-corrected chi connectivity index (χ0v) is 11.4. The van der Waals surface area contributed by atoms with Crippen LogP contribution in [0.3, 0.4) is 0 Å². The van der Waals surface area contributed by atoms with Crippen LogP contribution in [0.25, 0.3) is 0 Å². The zero-order chi connectivity index (χ0) is 15.5. The molecule has 0 saturated heterocycles. The molecule has 0 spiro atoms. The first-order valence-corrected chi connectivity index (χ1v) is 6.32. The average Bonchev–Trinajstić information content (AvgIpc) is 2.78.